The molecule has 0 aromatic heterocycles. The topological polar surface area (TPSA) is 38.5 Å². The highest BCUT2D eigenvalue weighted by molar-refractivity contribution is 5.30. The van der Waals surface area contributed by atoms with E-state index in [1.54, 1.807) is 7.11 Å². The first kappa shape index (κ1) is 13.4. The van der Waals surface area contributed by atoms with Crippen molar-refractivity contribution in [3.8, 4) is 5.75 Å². The molecule has 0 radical (unpaired) electrons. The smallest absolute Gasteiger partial charge is 0.119 e. The Balaban J connectivity index is 2.10. The molecular weight excluding hydrogens is 224 g/mol. The van der Waals surface area contributed by atoms with Gasteiger partial charge in [-0.25, -0.2) is 0 Å². The molecule has 0 aliphatic carbocycles. The van der Waals surface area contributed by atoms with Gasteiger partial charge in [-0.15, -0.1) is 0 Å². The number of nitrogens with two attached hydrogens (primary N) is 1. The van der Waals surface area contributed by atoms with Crippen LogP contribution in [-0.2, 0) is 0 Å². The lowest BCUT2D eigenvalue weighted by Gasteiger charge is -2.27. The molecule has 2 N–H and O–H groups in total. The first-order chi connectivity index (χ1) is 8.58. The average molecular weight is 248 g/mol. The Labute approximate surface area is 110 Å². The van der Waals surface area contributed by atoms with E-state index in [1.165, 1.54) is 12.0 Å². The van der Waals surface area contributed by atoms with E-state index in [0.29, 0.717) is 6.04 Å². The summed E-state index contributed by atoms with van der Waals surface area (Å²) in [7, 11) is 1.71. The molecule has 1 aromatic carbocycles. The van der Waals surface area contributed by atoms with E-state index in [4.69, 9.17) is 10.5 Å². The van der Waals surface area contributed by atoms with Crippen molar-refractivity contribution in [1.29, 1.82) is 0 Å². The van der Waals surface area contributed by atoms with Gasteiger partial charge in [0.05, 0.1) is 7.11 Å². The van der Waals surface area contributed by atoms with Gasteiger partial charge < -0.3 is 10.5 Å². The summed E-state index contributed by atoms with van der Waals surface area (Å²) in [5.41, 5.74) is 7.47. The lowest BCUT2D eigenvalue weighted by Crippen LogP contribution is -2.32. The van der Waals surface area contributed by atoms with E-state index in [0.717, 1.165) is 25.4 Å². The average Bonchev–Trinajstić information content (AvgIpc) is 2.81. The third-order valence-corrected chi connectivity index (χ3v) is 4.20. The van der Waals surface area contributed by atoms with Crippen LogP contribution in [0.5, 0.6) is 5.75 Å². The zero-order valence-electron chi connectivity index (χ0n) is 11.6. The van der Waals surface area contributed by atoms with E-state index in [-0.39, 0.29) is 5.41 Å². The zero-order chi connectivity index (χ0) is 13.2. The van der Waals surface area contributed by atoms with Crippen molar-refractivity contribution in [2.75, 3.05) is 26.7 Å². The zero-order valence-corrected chi connectivity index (χ0v) is 11.6. The van der Waals surface area contributed by atoms with Crippen LogP contribution in [0, 0.1) is 5.41 Å². The van der Waals surface area contributed by atoms with Gasteiger partial charge in [0.2, 0.25) is 0 Å². The Kier molecular flexibility index (Phi) is 3.93. The fourth-order valence-corrected chi connectivity index (χ4v) is 2.67. The van der Waals surface area contributed by atoms with Gasteiger partial charge in [0.25, 0.3) is 0 Å². The van der Waals surface area contributed by atoms with Crippen LogP contribution in [0.2, 0.25) is 0 Å². The highest BCUT2D eigenvalue weighted by Gasteiger charge is 2.34. The number of likely N-dealkylation sites (tertiary alicyclic amines) is 1. The fraction of sp³-hybridized carbons (Fsp3) is 0.600. The SMILES string of the molecule is COc1cccc(C(C)N2CCC(C)(CN)C2)c1. The monoisotopic (exact) mass is 248 g/mol. The molecule has 3 nitrogen and oxygen atoms in total. The number of benzene rings is 1. The quantitative estimate of drug-likeness (QED) is 0.889. The van der Waals surface area contributed by atoms with Gasteiger partial charge >= 0.3 is 0 Å². The van der Waals surface area contributed by atoms with Crippen molar-refractivity contribution in [3.63, 3.8) is 0 Å². The van der Waals surface area contributed by atoms with Gasteiger partial charge in [0.1, 0.15) is 5.75 Å². The van der Waals surface area contributed by atoms with Gasteiger partial charge in [-0.2, -0.15) is 0 Å². The molecule has 0 amide bonds. The molecule has 2 rings (SSSR count). The molecule has 1 aliphatic heterocycles. The number of hydrogen-bond donors (Lipinski definition) is 1. The summed E-state index contributed by atoms with van der Waals surface area (Å²) in [6.07, 6.45) is 1.19. The van der Waals surface area contributed by atoms with Gasteiger partial charge in [-0.3, -0.25) is 4.90 Å². The van der Waals surface area contributed by atoms with Crippen LogP contribution in [0.3, 0.4) is 0 Å². The first-order valence-electron chi connectivity index (χ1n) is 6.66. The minimum atomic E-state index is 0.285. The van der Waals surface area contributed by atoms with Crippen molar-refractivity contribution in [1.82, 2.24) is 4.90 Å². The third-order valence-electron chi connectivity index (χ3n) is 4.20. The number of hydrogen-bond acceptors (Lipinski definition) is 3. The predicted octanol–water partition coefficient (Wildman–Crippen LogP) is 2.43. The molecule has 2 atom stereocenters. The van der Waals surface area contributed by atoms with Crippen molar-refractivity contribution in [2.45, 2.75) is 26.3 Å². The second kappa shape index (κ2) is 5.29. The van der Waals surface area contributed by atoms with Crippen LogP contribution in [-0.4, -0.2) is 31.6 Å². The van der Waals surface area contributed by atoms with Crippen LogP contribution in [0.4, 0.5) is 0 Å². The lowest BCUT2D eigenvalue weighted by atomic mass is 9.90. The van der Waals surface area contributed by atoms with Crippen LogP contribution >= 0.6 is 0 Å². The van der Waals surface area contributed by atoms with E-state index in [9.17, 15) is 0 Å². The third kappa shape index (κ3) is 2.68. The molecule has 1 fully saturated rings. The summed E-state index contributed by atoms with van der Waals surface area (Å²) >= 11 is 0. The normalized spacial score (nSPS) is 26.2. The Bertz CT molecular complexity index is 407. The Morgan fingerprint density at radius 3 is 2.89 bits per heavy atom. The minimum Gasteiger partial charge on any atom is -0.497 e. The standard InChI is InChI=1S/C15H24N2O/c1-12(13-5-4-6-14(9-13)18-3)17-8-7-15(2,10-16)11-17/h4-6,9,12H,7-8,10-11,16H2,1-3H3. The number of nitrogens with zero attached hydrogens (tertiary/aromatic N) is 1. The van der Waals surface area contributed by atoms with E-state index in [2.05, 4.69) is 36.9 Å². The predicted molar refractivity (Wildman–Crippen MR) is 74.8 cm³/mol. The summed E-state index contributed by atoms with van der Waals surface area (Å²) in [4.78, 5) is 2.52. The van der Waals surface area contributed by atoms with Crippen LogP contribution < -0.4 is 10.5 Å². The molecule has 1 aromatic rings. The maximum atomic E-state index is 5.87. The Hall–Kier alpha value is -1.06. The van der Waals surface area contributed by atoms with E-state index in [1.807, 2.05) is 6.07 Å². The minimum absolute atomic E-state index is 0.285. The largest absolute Gasteiger partial charge is 0.497 e. The highest BCUT2D eigenvalue weighted by Crippen LogP contribution is 2.34. The van der Waals surface area contributed by atoms with Crippen LogP contribution in [0.1, 0.15) is 31.9 Å². The molecule has 1 heterocycles. The molecule has 1 aliphatic rings. The molecule has 2 unspecified atom stereocenters. The summed E-state index contributed by atoms with van der Waals surface area (Å²) in [6.45, 7) is 7.53. The summed E-state index contributed by atoms with van der Waals surface area (Å²) in [6, 6.07) is 8.77. The van der Waals surface area contributed by atoms with Gasteiger partial charge in [-0.05, 0) is 49.5 Å². The second-order valence-electron chi connectivity index (χ2n) is 5.69. The molecule has 0 bridgehead atoms. The summed E-state index contributed by atoms with van der Waals surface area (Å²) in [5.74, 6) is 0.931. The first-order valence-corrected chi connectivity index (χ1v) is 6.66. The highest BCUT2D eigenvalue weighted by atomic mass is 16.5. The van der Waals surface area contributed by atoms with E-state index >= 15 is 0 Å². The molecule has 3 heteroatoms. The molecule has 18 heavy (non-hydrogen) atoms. The second-order valence-corrected chi connectivity index (χ2v) is 5.69. The number of rotatable bonds is 4. The van der Waals surface area contributed by atoms with Crippen LogP contribution in [0.25, 0.3) is 0 Å². The number of ether oxygens (including phenoxy) is 1. The van der Waals surface area contributed by atoms with Crippen molar-refractivity contribution in [3.05, 3.63) is 29.8 Å². The maximum Gasteiger partial charge on any atom is 0.119 e. The maximum absolute atomic E-state index is 5.87. The summed E-state index contributed by atoms with van der Waals surface area (Å²) in [5, 5.41) is 0. The Morgan fingerprint density at radius 2 is 2.28 bits per heavy atom. The van der Waals surface area contributed by atoms with Gasteiger partial charge in [0.15, 0.2) is 0 Å². The molecule has 1 saturated heterocycles. The summed E-state index contributed by atoms with van der Waals surface area (Å²) < 4.78 is 5.29. The molecule has 0 saturated carbocycles. The molecule has 100 valence electrons. The molecular formula is C15H24N2O. The lowest BCUT2D eigenvalue weighted by molar-refractivity contribution is 0.227. The van der Waals surface area contributed by atoms with E-state index < -0.39 is 0 Å². The number of methoxy groups -OCH3 is 1. The van der Waals surface area contributed by atoms with Crippen molar-refractivity contribution < 1.29 is 4.74 Å². The fourth-order valence-electron chi connectivity index (χ4n) is 2.67. The van der Waals surface area contributed by atoms with Gasteiger partial charge in [-0.1, -0.05) is 19.1 Å². The molecule has 0 spiro atoms. The van der Waals surface area contributed by atoms with Crippen LogP contribution in [0.15, 0.2) is 24.3 Å². The van der Waals surface area contributed by atoms with Crippen molar-refractivity contribution in [2.24, 2.45) is 11.1 Å². The Morgan fingerprint density at radius 1 is 1.50 bits per heavy atom. The van der Waals surface area contributed by atoms with Gasteiger partial charge in [0, 0.05) is 12.6 Å². The van der Waals surface area contributed by atoms with Crippen molar-refractivity contribution >= 4 is 0 Å².